The van der Waals surface area contributed by atoms with Crippen LogP contribution >= 0.6 is 0 Å². The summed E-state index contributed by atoms with van der Waals surface area (Å²) in [4.78, 5) is 17.0. The van der Waals surface area contributed by atoms with Crippen LogP contribution in [0.25, 0.3) is 11.6 Å². The van der Waals surface area contributed by atoms with Gasteiger partial charge in [0, 0.05) is 30.2 Å². The Bertz CT molecular complexity index is 1090. The predicted molar refractivity (Wildman–Crippen MR) is 106 cm³/mol. The quantitative estimate of drug-likeness (QED) is 0.618. The number of benzene rings is 1. The lowest BCUT2D eigenvalue weighted by molar-refractivity contribution is -0.192. The number of ether oxygens (including phenoxy) is 2. The Labute approximate surface area is 177 Å². The van der Waals surface area contributed by atoms with Gasteiger partial charge < -0.3 is 9.47 Å². The van der Waals surface area contributed by atoms with Gasteiger partial charge in [0.05, 0.1) is 13.2 Å². The molecule has 0 bridgehead atoms. The standard InChI is InChI=1S/C23H20F2N4O2/c24-18-4-13(5-19(25)20(18)31-15-7-23(8-15)11-30-12-23)16-6-17(16)14-9-28-22(29-10-14)21-26-2-1-3-27-21/h1-5,9-10,15-17H,6-8,11-12H2/t16-,17-/m0/s1. The minimum absolute atomic E-state index is 0.0413. The van der Waals surface area contributed by atoms with Crippen molar-refractivity contribution in [3.8, 4) is 17.4 Å². The van der Waals surface area contributed by atoms with Crippen molar-refractivity contribution in [1.29, 1.82) is 0 Å². The smallest absolute Gasteiger partial charge is 0.197 e. The van der Waals surface area contributed by atoms with Gasteiger partial charge in [-0.2, -0.15) is 0 Å². The molecule has 6 nitrogen and oxygen atoms in total. The van der Waals surface area contributed by atoms with Gasteiger partial charge in [0.1, 0.15) is 6.10 Å². The van der Waals surface area contributed by atoms with Crippen molar-refractivity contribution in [2.75, 3.05) is 13.2 Å². The number of hydrogen-bond donors (Lipinski definition) is 0. The van der Waals surface area contributed by atoms with Crippen LogP contribution in [-0.4, -0.2) is 39.3 Å². The average molecular weight is 422 g/mol. The van der Waals surface area contributed by atoms with Gasteiger partial charge in [0.15, 0.2) is 29.0 Å². The minimum Gasteiger partial charge on any atom is -0.484 e. The SMILES string of the molecule is Fc1cc([C@@H]2C[C@H]2c2cnc(-c3ncccn3)nc2)cc(F)c1OC1CC2(COC2)C1. The molecule has 3 aromatic rings. The topological polar surface area (TPSA) is 70.0 Å². The highest BCUT2D eigenvalue weighted by Crippen LogP contribution is 2.55. The third kappa shape index (κ3) is 3.35. The first-order valence-corrected chi connectivity index (χ1v) is 10.4. The predicted octanol–water partition coefficient (Wildman–Crippen LogP) is 4.04. The van der Waals surface area contributed by atoms with Crippen LogP contribution in [0.4, 0.5) is 8.78 Å². The van der Waals surface area contributed by atoms with Gasteiger partial charge >= 0.3 is 0 Å². The van der Waals surface area contributed by atoms with E-state index >= 15 is 0 Å². The van der Waals surface area contributed by atoms with E-state index in [0.29, 0.717) is 17.2 Å². The van der Waals surface area contributed by atoms with Crippen molar-refractivity contribution < 1.29 is 18.3 Å². The van der Waals surface area contributed by atoms with E-state index in [0.717, 1.165) is 38.0 Å². The highest BCUT2D eigenvalue weighted by molar-refractivity contribution is 5.44. The summed E-state index contributed by atoms with van der Waals surface area (Å²) in [5.41, 5.74) is 1.76. The molecule has 8 heteroatoms. The molecule has 1 saturated heterocycles. The monoisotopic (exact) mass is 422 g/mol. The van der Waals surface area contributed by atoms with Crippen molar-refractivity contribution in [3.05, 3.63) is 65.7 Å². The van der Waals surface area contributed by atoms with Gasteiger partial charge in [-0.25, -0.2) is 28.7 Å². The Morgan fingerprint density at radius 1 is 0.871 bits per heavy atom. The van der Waals surface area contributed by atoms with E-state index in [4.69, 9.17) is 9.47 Å². The fraction of sp³-hybridized carbons (Fsp3) is 0.391. The molecule has 1 spiro atoms. The third-order valence-corrected chi connectivity index (χ3v) is 6.53. The Balaban J connectivity index is 1.14. The largest absolute Gasteiger partial charge is 0.484 e. The second-order valence-electron chi connectivity index (χ2n) is 8.82. The highest BCUT2D eigenvalue weighted by Gasteiger charge is 2.51. The van der Waals surface area contributed by atoms with Crippen LogP contribution < -0.4 is 4.74 Å². The van der Waals surface area contributed by atoms with E-state index in [9.17, 15) is 8.78 Å². The van der Waals surface area contributed by atoms with E-state index in [-0.39, 0.29) is 29.1 Å². The first-order chi connectivity index (χ1) is 15.1. The number of aromatic nitrogens is 4. The van der Waals surface area contributed by atoms with E-state index in [1.807, 2.05) is 0 Å². The highest BCUT2D eigenvalue weighted by atomic mass is 19.1. The van der Waals surface area contributed by atoms with Gasteiger partial charge in [-0.1, -0.05) is 0 Å². The van der Waals surface area contributed by atoms with Crippen molar-refractivity contribution in [2.45, 2.75) is 37.2 Å². The van der Waals surface area contributed by atoms with Crippen LogP contribution in [0.15, 0.2) is 43.0 Å². The van der Waals surface area contributed by atoms with Crippen LogP contribution in [-0.2, 0) is 4.74 Å². The summed E-state index contributed by atoms with van der Waals surface area (Å²) in [5.74, 6) is -0.453. The number of nitrogens with zero attached hydrogens (tertiary/aromatic N) is 4. The molecule has 2 aliphatic carbocycles. The van der Waals surface area contributed by atoms with Crippen LogP contribution in [0.1, 0.15) is 42.2 Å². The van der Waals surface area contributed by atoms with Crippen LogP contribution in [0, 0.1) is 17.0 Å². The third-order valence-electron chi connectivity index (χ3n) is 6.53. The molecular formula is C23H20F2N4O2. The van der Waals surface area contributed by atoms with Gasteiger partial charge in [0.25, 0.3) is 0 Å². The maximum Gasteiger partial charge on any atom is 0.197 e. The fourth-order valence-electron chi connectivity index (χ4n) is 4.68. The van der Waals surface area contributed by atoms with Gasteiger partial charge in [-0.3, -0.25) is 0 Å². The number of halogens is 2. The molecule has 158 valence electrons. The summed E-state index contributed by atoms with van der Waals surface area (Å²) in [7, 11) is 0. The second-order valence-corrected chi connectivity index (χ2v) is 8.82. The summed E-state index contributed by atoms with van der Waals surface area (Å²) in [6, 6.07) is 4.53. The van der Waals surface area contributed by atoms with Crippen molar-refractivity contribution in [2.24, 2.45) is 5.41 Å². The zero-order valence-electron chi connectivity index (χ0n) is 16.7. The lowest BCUT2D eigenvalue weighted by Gasteiger charge is -2.52. The average Bonchev–Trinajstić information content (AvgIpc) is 3.52. The molecule has 2 saturated carbocycles. The summed E-state index contributed by atoms with van der Waals surface area (Å²) >= 11 is 0. The number of rotatable bonds is 5. The molecule has 1 aromatic carbocycles. The molecule has 3 fully saturated rings. The summed E-state index contributed by atoms with van der Waals surface area (Å²) in [6.45, 7) is 1.45. The molecule has 0 amide bonds. The van der Waals surface area contributed by atoms with Gasteiger partial charge in [-0.15, -0.1) is 0 Å². The fourth-order valence-corrected chi connectivity index (χ4v) is 4.68. The molecule has 0 unspecified atom stereocenters. The van der Waals surface area contributed by atoms with Crippen molar-refractivity contribution in [1.82, 2.24) is 19.9 Å². The molecule has 31 heavy (non-hydrogen) atoms. The van der Waals surface area contributed by atoms with E-state index in [2.05, 4.69) is 19.9 Å². The van der Waals surface area contributed by atoms with Crippen LogP contribution in [0.2, 0.25) is 0 Å². The van der Waals surface area contributed by atoms with Crippen LogP contribution in [0.5, 0.6) is 5.75 Å². The Morgan fingerprint density at radius 3 is 2.10 bits per heavy atom. The molecular weight excluding hydrogens is 402 g/mol. The van der Waals surface area contributed by atoms with Gasteiger partial charge in [0.2, 0.25) is 0 Å². The minimum atomic E-state index is -0.640. The lowest BCUT2D eigenvalue weighted by Crippen LogP contribution is -2.56. The van der Waals surface area contributed by atoms with E-state index in [1.54, 1.807) is 30.9 Å². The summed E-state index contributed by atoms with van der Waals surface area (Å²) < 4.78 is 40.2. The molecule has 2 atom stereocenters. The maximum atomic E-state index is 14.7. The first-order valence-electron chi connectivity index (χ1n) is 10.4. The molecule has 0 N–H and O–H groups in total. The molecule has 6 rings (SSSR count). The Hall–Kier alpha value is -3.00. The first kappa shape index (κ1) is 18.7. The van der Waals surface area contributed by atoms with E-state index in [1.165, 1.54) is 12.1 Å². The lowest BCUT2D eigenvalue weighted by atomic mass is 9.65. The van der Waals surface area contributed by atoms with Crippen molar-refractivity contribution >= 4 is 0 Å². The zero-order valence-corrected chi connectivity index (χ0v) is 16.7. The Kier molecular flexibility index (Phi) is 4.24. The molecule has 3 heterocycles. The Morgan fingerprint density at radius 2 is 1.48 bits per heavy atom. The second kappa shape index (κ2) is 7.02. The van der Waals surface area contributed by atoms with Crippen LogP contribution in [0.3, 0.4) is 0 Å². The maximum absolute atomic E-state index is 14.7. The molecule has 1 aliphatic heterocycles. The molecule has 3 aliphatic rings. The van der Waals surface area contributed by atoms with Crippen molar-refractivity contribution in [3.63, 3.8) is 0 Å². The molecule has 2 aromatic heterocycles. The molecule has 0 radical (unpaired) electrons. The number of hydrogen-bond acceptors (Lipinski definition) is 6. The zero-order chi connectivity index (χ0) is 21.0. The summed E-state index contributed by atoms with van der Waals surface area (Å²) in [5, 5.41) is 0. The normalized spacial score (nSPS) is 23.8. The van der Waals surface area contributed by atoms with Gasteiger partial charge in [-0.05, 0) is 60.4 Å². The van der Waals surface area contributed by atoms with E-state index < -0.39 is 11.6 Å². The summed E-state index contributed by atoms with van der Waals surface area (Å²) in [6.07, 6.45) is 9.00.